The van der Waals surface area contributed by atoms with Crippen molar-refractivity contribution in [3.8, 4) is 5.82 Å². The van der Waals surface area contributed by atoms with Crippen LogP contribution in [0.1, 0.15) is 28.5 Å². The summed E-state index contributed by atoms with van der Waals surface area (Å²) >= 11 is 0. The van der Waals surface area contributed by atoms with Crippen LogP contribution in [0.4, 0.5) is 5.82 Å². The molecule has 3 heterocycles. The van der Waals surface area contributed by atoms with E-state index in [0.29, 0.717) is 11.4 Å². The number of nitrogens with one attached hydrogen (secondary N) is 1. The molecule has 0 fully saturated rings. The van der Waals surface area contributed by atoms with Crippen LogP contribution in [0.5, 0.6) is 0 Å². The Labute approximate surface area is 133 Å². The van der Waals surface area contributed by atoms with Crippen LogP contribution in [-0.4, -0.2) is 35.4 Å². The third-order valence-corrected chi connectivity index (χ3v) is 3.62. The second-order valence-corrected chi connectivity index (χ2v) is 5.12. The van der Waals surface area contributed by atoms with Gasteiger partial charge in [0, 0.05) is 24.4 Å². The van der Waals surface area contributed by atoms with Crippen molar-refractivity contribution < 1.29 is 4.79 Å². The predicted molar refractivity (Wildman–Crippen MR) is 84.4 cm³/mol. The van der Waals surface area contributed by atoms with E-state index < -0.39 is 0 Å². The van der Waals surface area contributed by atoms with Crippen LogP contribution in [0.25, 0.3) is 5.82 Å². The summed E-state index contributed by atoms with van der Waals surface area (Å²) in [6.07, 6.45) is 5.45. The SMILES string of the molecule is CCc1c(C)nn(C)c1NC(=O)c1ccnc(-n2cnnc2)c1. The fourth-order valence-corrected chi connectivity index (χ4v) is 2.48. The molecular formula is C15H17N7O. The maximum Gasteiger partial charge on any atom is 0.257 e. The number of hydrogen-bond donors (Lipinski definition) is 1. The molecule has 0 aliphatic carbocycles. The molecule has 8 nitrogen and oxygen atoms in total. The van der Waals surface area contributed by atoms with E-state index in [1.165, 1.54) is 12.7 Å². The van der Waals surface area contributed by atoms with E-state index in [0.717, 1.165) is 23.5 Å². The van der Waals surface area contributed by atoms with Crippen molar-refractivity contribution in [2.75, 3.05) is 5.32 Å². The minimum absolute atomic E-state index is 0.209. The first-order valence-electron chi connectivity index (χ1n) is 7.25. The van der Waals surface area contributed by atoms with E-state index in [4.69, 9.17) is 0 Å². The number of aromatic nitrogens is 6. The molecule has 8 heteroatoms. The summed E-state index contributed by atoms with van der Waals surface area (Å²) < 4.78 is 3.33. The first-order chi connectivity index (χ1) is 11.1. The van der Waals surface area contributed by atoms with Gasteiger partial charge in [-0.1, -0.05) is 6.92 Å². The Hall–Kier alpha value is -3.03. The number of aryl methyl sites for hydroxylation is 2. The van der Waals surface area contributed by atoms with Crippen molar-refractivity contribution in [1.82, 2.24) is 29.5 Å². The minimum atomic E-state index is -0.209. The van der Waals surface area contributed by atoms with Crippen LogP contribution in [0.3, 0.4) is 0 Å². The smallest absolute Gasteiger partial charge is 0.257 e. The molecule has 0 saturated heterocycles. The van der Waals surface area contributed by atoms with Crippen molar-refractivity contribution in [1.29, 1.82) is 0 Å². The van der Waals surface area contributed by atoms with Crippen molar-refractivity contribution >= 4 is 11.7 Å². The molecule has 0 atom stereocenters. The molecular weight excluding hydrogens is 294 g/mol. The molecule has 3 aromatic rings. The highest BCUT2D eigenvalue weighted by Crippen LogP contribution is 2.20. The van der Waals surface area contributed by atoms with E-state index in [9.17, 15) is 4.79 Å². The molecule has 0 radical (unpaired) electrons. The normalized spacial score (nSPS) is 10.7. The van der Waals surface area contributed by atoms with Crippen molar-refractivity contribution in [2.24, 2.45) is 7.05 Å². The zero-order chi connectivity index (χ0) is 16.4. The lowest BCUT2D eigenvalue weighted by Gasteiger charge is -2.09. The summed E-state index contributed by atoms with van der Waals surface area (Å²) in [5.41, 5.74) is 2.46. The van der Waals surface area contributed by atoms with Gasteiger partial charge in [-0.15, -0.1) is 10.2 Å². The van der Waals surface area contributed by atoms with Crippen LogP contribution in [0, 0.1) is 6.92 Å². The van der Waals surface area contributed by atoms with E-state index in [1.807, 2.05) is 20.9 Å². The van der Waals surface area contributed by atoms with Crippen molar-refractivity contribution in [3.05, 3.63) is 47.8 Å². The number of nitrogens with zero attached hydrogens (tertiary/aromatic N) is 6. The van der Waals surface area contributed by atoms with Gasteiger partial charge in [-0.3, -0.25) is 14.0 Å². The third-order valence-electron chi connectivity index (χ3n) is 3.62. The highest BCUT2D eigenvalue weighted by molar-refractivity contribution is 6.04. The topological polar surface area (TPSA) is 90.5 Å². The van der Waals surface area contributed by atoms with Gasteiger partial charge < -0.3 is 5.32 Å². The number of amides is 1. The number of pyridine rings is 1. The number of rotatable bonds is 4. The molecule has 0 aliphatic rings. The Kier molecular flexibility index (Phi) is 3.88. The zero-order valence-electron chi connectivity index (χ0n) is 13.2. The lowest BCUT2D eigenvalue weighted by atomic mass is 10.2. The molecule has 3 aromatic heterocycles. The summed E-state index contributed by atoms with van der Waals surface area (Å²) in [5.74, 6) is 1.09. The summed E-state index contributed by atoms with van der Waals surface area (Å²) in [6, 6.07) is 3.35. The molecule has 23 heavy (non-hydrogen) atoms. The first-order valence-corrected chi connectivity index (χ1v) is 7.25. The fourth-order valence-electron chi connectivity index (χ4n) is 2.48. The second-order valence-electron chi connectivity index (χ2n) is 5.12. The van der Waals surface area contributed by atoms with E-state index >= 15 is 0 Å². The molecule has 118 valence electrons. The van der Waals surface area contributed by atoms with Crippen LogP contribution in [0.2, 0.25) is 0 Å². The van der Waals surface area contributed by atoms with Gasteiger partial charge in [0.15, 0.2) is 0 Å². The molecule has 1 amide bonds. The van der Waals surface area contributed by atoms with Gasteiger partial charge in [-0.05, 0) is 25.5 Å². The number of anilines is 1. The van der Waals surface area contributed by atoms with Crippen LogP contribution < -0.4 is 5.32 Å². The number of carbonyl (C=O) groups excluding carboxylic acids is 1. The fraction of sp³-hybridized carbons (Fsp3) is 0.267. The molecule has 0 unspecified atom stereocenters. The Bertz CT molecular complexity index is 836. The standard InChI is InChI=1S/C15H17N7O/c1-4-12-10(2)20-21(3)14(12)19-15(23)11-5-6-16-13(7-11)22-8-17-18-9-22/h5-9H,4H2,1-3H3,(H,19,23). The average molecular weight is 311 g/mol. The summed E-state index contributed by atoms with van der Waals surface area (Å²) in [7, 11) is 1.82. The monoisotopic (exact) mass is 311 g/mol. The number of carbonyl (C=O) groups is 1. The van der Waals surface area contributed by atoms with Crippen molar-refractivity contribution in [2.45, 2.75) is 20.3 Å². The van der Waals surface area contributed by atoms with E-state index in [-0.39, 0.29) is 5.91 Å². The van der Waals surface area contributed by atoms with Gasteiger partial charge in [0.25, 0.3) is 5.91 Å². The number of hydrogen-bond acceptors (Lipinski definition) is 5. The van der Waals surface area contributed by atoms with Crippen LogP contribution in [0.15, 0.2) is 31.0 Å². The van der Waals surface area contributed by atoms with Crippen molar-refractivity contribution in [3.63, 3.8) is 0 Å². The van der Waals surface area contributed by atoms with E-state index in [2.05, 4.69) is 25.6 Å². The first kappa shape index (κ1) is 14.9. The molecule has 0 spiro atoms. The Morgan fingerprint density at radius 2 is 2.04 bits per heavy atom. The van der Waals surface area contributed by atoms with Gasteiger partial charge in [-0.25, -0.2) is 4.98 Å². The molecule has 0 saturated carbocycles. The quantitative estimate of drug-likeness (QED) is 0.789. The highest BCUT2D eigenvalue weighted by Gasteiger charge is 2.16. The van der Waals surface area contributed by atoms with Gasteiger partial charge in [0.05, 0.1) is 5.69 Å². The lowest BCUT2D eigenvalue weighted by Crippen LogP contribution is -2.16. The Balaban J connectivity index is 1.89. The summed E-state index contributed by atoms with van der Waals surface area (Å²) in [4.78, 5) is 16.8. The van der Waals surface area contributed by atoms with Gasteiger partial charge >= 0.3 is 0 Å². The van der Waals surface area contributed by atoms with Gasteiger partial charge in [0.1, 0.15) is 24.3 Å². The Morgan fingerprint density at radius 1 is 1.30 bits per heavy atom. The summed E-state index contributed by atoms with van der Waals surface area (Å²) in [6.45, 7) is 3.97. The highest BCUT2D eigenvalue weighted by atomic mass is 16.1. The molecule has 0 aliphatic heterocycles. The average Bonchev–Trinajstić information content (AvgIpc) is 3.16. The zero-order valence-corrected chi connectivity index (χ0v) is 13.2. The minimum Gasteiger partial charge on any atom is -0.307 e. The second kappa shape index (κ2) is 5.99. The van der Waals surface area contributed by atoms with Gasteiger partial charge in [-0.2, -0.15) is 5.10 Å². The largest absolute Gasteiger partial charge is 0.307 e. The molecule has 3 rings (SSSR count). The maximum atomic E-state index is 12.5. The van der Waals surface area contributed by atoms with Gasteiger partial charge in [0.2, 0.25) is 0 Å². The summed E-state index contributed by atoms with van der Waals surface area (Å²) in [5, 5.41) is 14.8. The predicted octanol–water partition coefficient (Wildman–Crippen LogP) is 1.52. The Morgan fingerprint density at radius 3 is 2.74 bits per heavy atom. The maximum absolute atomic E-state index is 12.5. The van der Waals surface area contributed by atoms with E-state index in [1.54, 1.807) is 27.6 Å². The molecule has 0 aromatic carbocycles. The third kappa shape index (κ3) is 2.83. The molecule has 1 N–H and O–H groups in total. The lowest BCUT2D eigenvalue weighted by molar-refractivity contribution is 0.102. The molecule has 0 bridgehead atoms. The van der Waals surface area contributed by atoms with Crippen LogP contribution in [-0.2, 0) is 13.5 Å². The van der Waals surface area contributed by atoms with Crippen LogP contribution >= 0.6 is 0 Å².